The first kappa shape index (κ1) is 20.2. The molecule has 1 aromatic carbocycles. The van der Waals surface area contributed by atoms with Crippen LogP contribution in [0.1, 0.15) is 26.3 Å². The van der Waals surface area contributed by atoms with Crippen LogP contribution < -0.4 is 16.1 Å². The van der Waals surface area contributed by atoms with E-state index in [0.717, 1.165) is 5.56 Å². The third-order valence-corrected chi connectivity index (χ3v) is 3.66. The summed E-state index contributed by atoms with van der Waals surface area (Å²) >= 11 is 0. The number of nitrogen functional groups attached to an aromatic ring is 1. The van der Waals surface area contributed by atoms with E-state index >= 15 is 0 Å². The van der Waals surface area contributed by atoms with Crippen molar-refractivity contribution in [2.24, 2.45) is 0 Å². The van der Waals surface area contributed by atoms with Gasteiger partial charge in [-0.15, -0.1) is 0 Å². The molecule has 1 amide bonds. The fourth-order valence-electron chi connectivity index (χ4n) is 2.01. The zero-order chi connectivity index (χ0) is 18.3. The monoisotopic (exact) mass is 355 g/mol. The van der Waals surface area contributed by atoms with Gasteiger partial charge in [-0.25, -0.2) is 4.79 Å². The standard InChI is InChI=1S/C16H26N3O4P/c1-16(2,3)23-15(21)18-11-7-6-10(12(17)9-11)8-13(19-24-5)14(20)22-4/h6-7,9,13,19,24H,8,17H2,1-5H3,(H,18,21). The minimum atomic E-state index is -0.574. The number of ether oxygens (including phenoxy) is 2. The van der Waals surface area contributed by atoms with E-state index in [2.05, 4.69) is 10.4 Å². The Morgan fingerprint density at radius 3 is 2.50 bits per heavy atom. The van der Waals surface area contributed by atoms with Crippen molar-refractivity contribution in [3.8, 4) is 0 Å². The molecular weight excluding hydrogens is 329 g/mol. The quantitative estimate of drug-likeness (QED) is 0.412. The summed E-state index contributed by atoms with van der Waals surface area (Å²) in [6, 6.07) is 4.68. The predicted octanol–water partition coefficient (Wildman–Crippen LogP) is 2.51. The number of benzene rings is 1. The molecule has 2 atom stereocenters. The second-order valence-electron chi connectivity index (χ2n) is 6.21. The Morgan fingerprint density at radius 2 is 2.00 bits per heavy atom. The van der Waals surface area contributed by atoms with Crippen LogP contribution in [0.4, 0.5) is 16.2 Å². The average molecular weight is 355 g/mol. The molecular formula is C16H26N3O4P. The molecule has 0 aliphatic heterocycles. The van der Waals surface area contributed by atoms with E-state index in [1.54, 1.807) is 39.0 Å². The first-order valence-electron chi connectivity index (χ1n) is 7.54. The summed E-state index contributed by atoms with van der Waals surface area (Å²) in [5.41, 5.74) is 7.28. The Bertz CT molecular complexity index is 587. The Labute approximate surface area is 144 Å². The number of nitrogens with one attached hydrogen (secondary N) is 2. The van der Waals surface area contributed by atoms with Gasteiger partial charge in [0.1, 0.15) is 11.6 Å². The second kappa shape index (κ2) is 8.85. The van der Waals surface area contributed by atoms with Crippen LogP contribution in [0.15, 0.2) is 18.2 Å². The lowest BCUT2D eigenvalue weighted by atomic mass is 10.0. The summed E-state index contributed by atoms with van der Waals surface area (Å²) in [7, 11) is 1.76. The van der Waals surface area contributed by atoms with E-state index in [-0.39, 0.29) is 5.97 Å². The largest absolute Gasteiger partial charge is 0.468 e. The molecule has 0 radical (unpaired) electrons. The van der Waals surface area contributed by atoms with Gasteiger partial charge in [-0.2, -0.15) is 0 Å². The van der Waals surface area contributed by atoms with Gasteiger partial charge in [0.05, 0.1) is 7.11 Å². The lowest BCUT2D eigenvalue weighted by molar-refractivity contribution is -0.142. The fraction of sp³-hybridized carbons (Fsp3) is 0.500. The SMILES string of the molecule is COC(=O)C(Cc1ccc(NC(=O)OC(C)(C)C)cc1N)NPC. The topological polar surface area (TPSA) is 103 Å². The van der Waals surface area contributed by atoms with Crippen molar-refractivity contribution < 1.29 is 19.1 Å². The molecule has 8 heteroatoms. The van der Waals surface area contributed by atoms with Crippen molar-refractivity contribution in [1.82, 2.24) is 5.09 Å². The van der Waals surface area contributed by atoms with Crippen molar-refractivity contribution >= 4 is 32.2 Å². The maximum atomic E-state index is 11.8. The highest BCUT2D eigenvalue weighted by Crippen LogP contribution is 2.21. The summed E-state index contributed by atoms with van der Waals surface area (Å²) in [6.45, 7) is 7.31. The molecule has 2 unspecified atom stereocenters. The molecule has 0 aliphatic carbocycles. The molecule has 1 aromatic rings. The lowest BCUT2D eigenvalue weighted by Crippen LogP contribution is -2.35. The molecule has 0 spiro atoms. The first-order valence-corrected chi connectivity index (χ1v) is 9.04. The number of hydrogen-bond donors (Lipinski definition) is 3. The number of esters is 1. The van der Waals surface area contributed by atoms with E-state index in [0.29, 0.717) is 26.5 Å². The fourth-order valence-corrected chi connectivity index (χ4v) is 2.58. The van der Waals surface area contributed by atoms with Gasteiger partial charge >= 0.3 is 12.1 Å². The van der Waals surface area contributed by atoms with Crippen LogP contribution in [0.2, 0.25) is 0 Å². The summed E-state index contributed by atoms with van der Waals surface area (Å²) < 4.78 is 9.98. The van der Waals surface area contributed by atoms with Crippen LogP contribution in [0, 0.1) is 0 Å². The third-order valence-electron chi connectivity index (χ3n) is 3.02. The van der Waals surface area contributed by atoms with Gasteiger partial charge in [0.15, 0.2) is 0 Å². The molecule has 0 heterocycles. The number of rotatable bonds is 6. The normalized spacial score (nSPS) is 12.9. The Balaban J connectivity index is 2.80. The summed E-state index contributed by atoms with van der Waals surface area (Å²) in [4.78, 5) is 23.5. The molecule has 0 bridgehead atoms. The summed E-state index contributed by atoms with van der Waals surface area (Å²) in [6.07, 6.45) is -0.137. The zero-order valence-electron chi connectivity index (χ0n) is 14.7. The van der Waals surface area contributed by atoms with E-state index in [1.807, 2.05) is 6.66 Å². The third kappa shape index (κ3) is 6.72. The number of hydrogen-bond acceptors (Lipinski definition) is 6. The van der Waals surface area contributed by atoms with E-state index < -0.39 is 17.7 Å². The molecule has 0 saturated carbocycles. The zero-order valence-corrected chi connectivity index (χ0v) is 15.7. The van der Waals surface area contributed by atoms with Crippen molar-refractivity contribution in [2.45, 2.75) is 38.8 Å². The van der Waals surface area contributed by atoms with Gasteiger partial charge in [0.2, 0.25) is 0 Å². The second-order valence-corrected chi connectivity index (χ2v) is 7.00. The van der Waals surface area contributed by atoms with Gasteiger partial charge < -0.3 is 15.2 Å². The smallest absolute Gasteiger partial charge is 0.412 e. The Hall–Kier alpha value is -1.85. The predicted molar refractivity (Wildman–Crippen MR) is 97.6 cm³/mol. The number of carbonyl (C=O) groups is 2. The van der Waals surface area contributed by atoms with E-state index in [4.69, 9.17) is 15.2 Å². The van der Waals surface area contributed by atoms with Crippen molar-refractivity contribution in [3.05, 3.63) is 23.8 Å². The van der Waals surface area contributed by atoms with Crippen LogP contribution in [0.3, 0.4) is 0 Å². The van der Waals surface area contributed by atoms with Gasteiger partial charge in [-0.3, -0.25) is 15.2 Å². The molecule has 134 valence electrons. The summed E-state index contributed by atoms with van der Waals surface area (Å²) in [5.74, 6) is -0.334. The van der Waals surface area contributed by atoms with Gasteiger partial charge in [0.25, 0.3) is 0 Å². The van der Waals surface area contributed by atoms with Crippen molar-refractivity contribution in [1.29, 1.82) is 0 Å². The molecule has 1 rings (SSSR count). The molecule has 24 heavy (non-hydrogen) atoms. The highest BCUT2D eigenvalue weighted by Gasteiger charge is 2.20. The first-order chi connectivity index (χ1) is 11.2. The van der Waals surface area contributed by atoms with Crippen LogP contribution in [-0.4, -0.2) is 37.5 Å². The Morgan fingerprint density at radius 1 is 1.33 bits per heavy atom. The van der Waals surface area contributed by atoms with Crippen LogP contribution >= 0.6 is 8.73 Å². The van der Waals surface area contributed by atoms with Gasteiger partial charge in [0, 0.05) is 17.8 Å². The highest BCUT2D eigenvalue weighted by molar-refractivity contribution is 7.34. The van der Waals surface area contributed by atoms with Crippen molar-refractivity contribution in [2.75, 3.05) is 24.8 Å². The molecule has 7 nitrogen and oxygen atoms in total. The summed E-state index contributed by atoms with van der Waals surface area (Å²) in [5, 5.41) is 5.72. The Kier molecular flexibility index (Phi) is 7.45. The molecule has 0 aliphatic rings. The minimum absolute atomic E-state index is 0.334. The van der Waals surface area contributed by atoms with Crippen LogP contribution in [0.5, 0.6) is 0 Å². The van der Waals surface area contributed by atoms with Gasteiger partial charge in [-0.1, -0.05) is 14.8 Å². The van der Waals surface area contributed by atoms with Gasteiger partial charge in [-0.05, 0) is 45.1 Å². The van der Waals surface area contributed by atoms with E-state index in [9.17, 15) is 9.59 Å². The van der Waals surface area contributed by atoms with Crippen molar-refractivity contribution in [3.63, 3.8) is 0 Å². The van der Waals surface area contributed by atoms with Crippen LogP contribution in [0.25, 0.3) is 0 Å². The number of amides is 1. The number of methoxy groups -OCH3 is 1. The molecule has 0 fully saturated rings. The maximum absolute atomic E-state index is 11.8. The van der Waals surface area contributed by atoms with Crippen LogP contribution in [-0.2, 0) is 20.7 Å². The number of nitrogens with two attached hydrogens (primary N) is 1. The highest BCUT2D eigenvalue weighted by atomic mass is 31.1. The number of anilines is 2. The average Bonchev–Trinajstić information content (AvgIpc) is 2.46. The molecule has 0 saturated heterocycles. The molecule has 0 aromatic heterocycles. The minimum Gasteiger partial charge on any atom is -0.468 e. The lowest BCUT2D eigenvalue weighted by Gasteiger charge is -2.20. The van der Waals surface area contributed by atoms with E-state index in [1.165, 1.54) is 7.11 Å². The molecule has 4 N–H and O–H groups in total. The number of carbonyl (C=O) groups excluding carboxylic acids is 2. The maximum Gasteiger partial charge on any atom is 0.412 e.